The first kappa shape index (κ1) is 10.1. The van der Waals surface area contributed by atoms with Crippen molar-refractivity contribution in [2.24, 2.45) is 0 Å². The third kappa shape index (κ3) is 2.70. The predicted molar refractivity (Wildman–Crippen MR) is 46.5 cm³/mol. The lowest BCUT2D eigenvalue weighted by atomic mass is 10.4. The highest BCUT2D eigenvalue weighted by Crippen LogP contribution is 2.03. The van der Waals surface area contributed by atoms with Gasteiger partial charge in [-0.2, -0.15) is 0 Å². The van der Waals surface area contributed by atoms with Crippen LogP contribution in [0.2, 0.25) is 0 Å². The van der Waals surface area contributed by atoms with Crippen LogP contribution in [0, 0.1) is 6.92 Å². The summed E-state index contributed by atoms with van der Waals surface area (Å²) in [6, 6.07) is 0.424. The average molecular weight is 155 g/mol. The molecule has 0 unspecified atom stereocenters. The molecule has 1 heterocycles. The molecule has 0 saturated heterocycles. The van der Waals surface area contributed by atoms with Crippen LogP contribution in [0.4, 0.5) is 0 Å². The predicted octanol–water partition coefficient (Wildman–Crippen LogP) is 2.19. The van der Waals surface area contributed by atoms with Gasteiger partial charge in [0, 0.05) is 6.04 Å². The minimum atomic E-state index is 0.424. The molecule has 0 aromatic carbocycles. The molecule has 11 heavy (non-hydrogen) atoms. The number of aromatic nitrogens is 3. The van der Waals surface area contributed by atoms with E-state index in [2.05, 4.69) is 24.2 Å². The molecule has 0 aliphatic rings. The number of nitrogens with zero attached hydrogens (tertiary/aromatic N) is 3. The third-order valence-corrected chi connectivity index (χ3v) is 1.24. The zero-order valence-electron chi connectivity index (χ0n) is 8.00. The Morgan fingerprint density at radius 1 is 1.36 bits per heavy atom. The monoisotopic (exact) mass is 155 g/mol. The van der Waals surface area contributed by atoms with E-state index in [1.54, 1.807) is 6.20 Å². The molecule has 0 bridgehead atoms. The molecule has 1 rings (SSSR count). The van der Waals surface area contributed by atoms with E-state index < -0.39 is 0 Å². The summed E-state index contributed by atoms with van der Waals surface area (Å²) in [5.74, 6) is 0. The summed E-state index contributed by atoms with van der Waals surface area (Å²) in [5, 5.41) is 7.64. The van der Waals surface area contributed by atoms with Crippen molar-refractivity contribution in [3.05, 3.63) is 11.9 Å². The molecule has 3 heteroatoms. The van der Waals surface area contributed by atoms with E-state index in [-0.39, 0.29) is 0 Å². The number of rotatable bonds is 1. The van der Waals surface area contributed by atoms with Crippen LogP contribution in [0.25, 0.3) is 0 Å². The Morgan fingerprint density at radius 3 is 2.09 bits per heavy atom. The first-order valence-corrected chi connectivity index (χ1v) is 4.08. The van der Waals surface area contributed by atoms with Crippen LogP contribution in [-0.2, 0) is 0 Å². The SMILES string of the molecule is CC.Cc1cnnn1C(C)C. The van der Waals surface area contributed by atoms with Crippen molar-refractivity contribution < 1.29 is 0 Å². The van der Waals surface area contributed by atoms with Crippen molar-refractivity contribution in [1.82, 2.24) is 15.0 Å². The zero-order valence-corrected chi connectivity index (χ0v) is 8.00. The summed E-state index contributed by atoms with van der Waals surface area (Å²) >= 11 is 0. The van der Waals surface area contributed by atoms with Gasteiger partial charge in [-0.15, -0.1) is 5.10 Å². The van der Waals surface area contributed by atoms with E-state index in [4.69, 9.17) is 0 Å². The van der Waals surface area contributed by atoms with Crippen molar-refractivity contribution in [1.29, 1.82) is 0 Å². The smallest absolute Gasteiger partial charge is 0.0722 e. The van der Waals surface area contributed by atoms with Gasteiger partial charge >= 0.3 is 0 Å². The van der Waals surface area contributed by atoms with Crippen LogP contribution in [0.5, 0.6) is 0 Å². The second kappa shape index (κ2) is 4.88. The van der Waals surface area contributed by atoms with Crippen LogP contribution in [0.15, 0.2) is 6.20 Å². The highest BCUT2D eigenvalue weighted by Gasteiger charge is 1.99. The van der Waals surface area contributed by atoms with Crippen LogP contribution < -0.4 is 0 Å². The van der Waals surface area contributed by atoms with Crippen LogP contribution in [-0.4, -0.2) is 15.0 Å². The van der Waals surface area contributed by atoms with E-state index in [0.717, 1.165) is 5.69 Å². The minimum absolute atomic E-state index is 0.424. The number of aryl methyl sites for hydroxylation is 1. The van der Waals surface area contributed by atoms with Crippen molar-refractivity contribution >= 4 is 0 Å². The van der Waals surface area contributed by atoms with Gasteiger partial charge < -0.3 is 0 Å². The Hall–Kier alpha value is -0.860. The summed E-state index contributed by atoms with van der Waals surface area (Å²) in [7, 11) is 0. The van der Waals surface area contributed by atoms with Crippen molar-refractivity contribution in [2.45, 2.75) is 40.7 Å². The fraction of sp³-hybridized carbons (Fsp3) is 0.750. The van der Waals surface area contributed by atoms with Crippen molar-refractivity contribution in [3.63, 3.8) is 0 Å². The largest absolute Gasteiger partial charge is 0.247 e. The van der Waals surface area contributed by atoms with Gasteiger partial charge in [0.25, 0.3) is 0 Å². The maximum Gasteiger partial charge on any atom is 0.0722 e. The van der Waals surface area contributed by atoms with Gasteiger partial charge in [0.05, 0.1) is 11.9 Å². The molecule has 0 amide bonds. The first-order valence-electron chi connectivity index (χ1n) is 4.08. The molecular formula is C8H17N3. The maximum atomic E-state index is 3.88. The highest BCUT2D eigenvalue weighted by atomic mass is 15.4. The molecule has 0 fully saturated rings. The van der Waals surface area contributed by atoms with Gasteiger partial charge in [-0.05, 0) is 20.8 Å². The minimum Gasteiger partial charge on any atom is -0.247 e. The van der Waals surface area contributed by atoms with Crippen LogP contribution in [0.1, 0.15) is 39.4 Å². The summed E-state index contributed by atoms with van der Waals surface area (Å²) in [5.41, 5.74) is 1.12. The molecule has 64 valence electrons. The van der Waals surface area contributed by atoms with Crippen LogP contribution in [0.3, 0.4) is 0 Å². The van der Waals surface area contributed by atoms with Crippen LogP contribution >= 0.6 is 0 Å². The second-order valence-corrected chi connectivity index (χ2v) is 2.41. The third-order valence-electron chi connectivity index (χ3n) is 1.24. The van der Waals surface area contributed by atoms with Gasteiger partial charge in [-0.3, -0.25) is 0 Å². The van der Waals surface area contributed by atoms with Crippen molar-refractivity contribution in [3.8, 4) is 0 Å². The molecule has 0 aliphatic carbocycles. The van der Waals surface area contributed by atoms with E-state index in [0.29, 0.717) is 6.04 Å². The topological polar surface area (TPSA) is 30.7 Å². The quantitative estimate of drug-likeness (QED) is 0.622. The Kier molecular flexibility index (Phi) is 4.50. The maximum absolute atomic E-state index is 3.88. The van der Waals surface area contributed by atoms with Crippen molar-refractivity contribution in [2.75, 3.05) is 0 Å². The second-order valence-electron chi connectivity index (χ2n) is 2.41. The standard InChI is InChI=1S/C6H11N3.C2H6/c1-5(2)9-6(3)4-7-8-9;1-2/h4-5H,1-3H3;1-2H3. The average Bonchev–Trinajstić information content (AvgIpc) is 2.39. The lowest BCUT2D eigenvalue weighted by molar-refractivity contribution is 0.502. The fourth-order valence-corrected chi connectivity index (χ4v) is 0.805. The van der Waals surface area contributed by atoms with Gasteiger partial charge in [-0.25, -0.2) is 4.68 Å². The molecule has 0 saturated carbocycles. The Morgan fingerprint density at radius 2 is 1.91 bits per heavy atom. The molecular weight excluding hydrogens is 138 g/mol. The number of hydrogen-bond acceptors (Lipinski definition) is 2. The lowest BCUT2D eigenvalue weighted by Crippen LogP contribution is -2.04. The molecule has 0 N–H and O–H groups in total. The molecule has 1 aromatic heterocycles. The summed E-state index contributed by atoms with van der Waals surface area (Å²) in [4.78, 5) is 0. The lowest BCUT2D eigenvalue weighted by Gasteiger charge is -2.04. The Labute approximate surface area is 68.4 Å². The first-order chi connectivity index (χ1) is 5.22. The molecule has 0 atom stereocenters. The van der Waals surface area contributed by atoms with Gasteiger partial charge in [0.1, 0.15) is 0 Å². The summed E-state index contributed by atoms with van der Waals surface area (Å²) < 4.78 is 1.89. The van der Waals surface area contributed by atoms with Gasteiger partial charge in [0.2, 0.25) is 0 Å². The van der Waals surface area contributed by atoms with E-state index in [1.807, 2.05) is 25.5 Å². The van der Waals surface area contributed by atoms with Gasteiger partial charge in [-0.1, -0.05) is 19.1 Å². The molecule has 0 aliphatic heterocycles. The summed E-state index contributed by atoms with van der Waals surface area (Å²) in [6.07, 6.45) is 1.76. The van der Waals surface area contributed by atoms with E-state index >= 15 is 0 Å². The zero-order chi connectivity index (χ0) is 8.85. The molecule has 0 spiro atoms. The normalized spacial score (nSPS) is 9.27. The molecule has 3 nitrogen and oxygen atoms in total. The number of hydrogen-bond donors (Lipinski definition) is 0. The summed E-state index contributed by atoms with van der Waals surface area (Å²) in [6.45, 7) is 10.2. The molecule has 1 aromatic rings. The van der Waals surface area contributed by atoms with E-state index in [9.17, 15) is 0 Å². The van der Waals surface area contributed by atoms with E-state index in [1.165, 1.54) is 0 Å². The highest BCUT2D eigenvalue weighted by molar-refractivity contribution is 4.89. The fourth-order valence-electron chi connectivity index (χ4n) is 0.805. The molecule has 0 radical (unpaired) electrons. The Balaban J connectivity index is 0.000000461. The van der Waals surface area contributed by atoms with Gasteiger partial charge in [0.15, 0.2) is 0 Å². The Bertz CT molecular complexity index is 191.